The van der Waals surface area contributed by atoms with Crippen LogP contribution in [0.25, 0.3) is 0 Å². The number of benzene rings is 1. The summed E-state index contributed by atoms with van der Waals surface area (Å²) in [5.74, 6) is 0. The van der Waals surface area contributed by atoms with Gasteiger partial charge in [-0.1, -0.05) is 12.1 Å². The average molecular weight is 280 g/mol. The Bertz CT molecular complexity index is 623. The topological polar surface area (TPSA) is 76.0 Å². The van der Waals surface area contributed by atoms with Crippen LogP contribution in [0.3, 0.4) is 0 Å². The van der Waals surface area contributed by atoms with E-state index in [1.165, 1.54) is 0 Å². The molecule has 2 rings (SSSR count). The van der Waals surface area contributed by atoms with Crippen molar-refractivity contribution in [3.05, 3.63) is 42.7 Å². The van der Waals surface area contributed by atoms with Crippen molar-refractivity contribution in [3.63, 3.8) is 0 Å². The number of aromatic nitrogens is 2. The van der Waals surface area contributed by atoms with E-state index in [0.29, 0.717) is 18.8 Å². The Morgan fingerprint density at radius 2 is 2.05 bits per heavy atom. The van der Waals surface area contributed by atoms with E-state index in [9.17, 15) is 8.42 Å². The lowest BCUT2D eigenvalue weighted by Crippen LogP contribution is -2.28. The third-order valence-electron chi connectivity index (χ3n) is 2.64. The minimum Gasteiger partial charge on any atom is -0.387 e. The highest BCUT2D eigenvalue weighted by molar-refractivity contribution is 7.89. The minimum absolute atomic E-state index is 0.248. The molecule has 7 heteroatoms. The predicted octanol–water partition coefficient (Wildman–Crippen LogP) is 0.903. The predicted molar refractivity (Wildman–Crippen MR) is 73.4 cm³/mol. The van der Waals surface area contributed by atoms with Crippen LogP contribution in [0.4, 0.5) is 5.69 Å². The van der Waals surface area contributed by atoms with Gasteiger partial charge in [-0.15, -0.1) is 0 Å². The lowest BCUT2D eigenvalue weighted by Gasteiger charge is -2.11. The number of rotatable bonds is 6. The second-order valence-electron chi connectivity index (χ2n) is 3.91. The van der Waals surface area contributed by atoms with Gasteiger partial charge in [-0.25, -0.2) is 13.1 Å². The first-order chi connectivity index (χ1) is 9.13. The van der Waals surface area contributed by atoms with Crippen molar-refractivity contribution in [1.29, 1.82) is 0 Å². The van der Waals surface area contributed by atoms with Crippen molar-refractivity contribution < 1.29 is 8.42 Å². The van der Waals surface area contributed by atoms with Crippen LogP contribution in [-0.4, -0.2) is 31.8 Å². The molecule has 1 aromatic heterocycles. The van der Waals surface area contributed by atoms with Gasteiger partial charge in [0.2, 0.25) is 10.0 Å². The molecule has 0 radical (unpaired) electrons. The summed E-state index contributed by atoms with van der Waals surface area (Å²) in [5, 5.41) is 6.88. The Morgan fingerprint density at radius 3 is 2.74 bits per heavy atom. The van der Waals surface area contributed by atoms with Crippen LogP contribution >= 0.6 is 0 Å². The molecule has 0 saturated heterocycles. The zero-order chi connectivity index (χ0) is 13.7. The normalized spacial score (nSPS) is 11.4. The van der Waals surface area contributed by atoms with Gasteiger partial charge < -0.3 is 5.32 Å². The van der Waals surface area contributed by atoms with E-state index < -0.39 is 10.0 Å². The van der Waals surface area contributed by atoms with Crippen molar-refractivity contribution in [2.24, 2.45) is 0 Å². The molecule has 0 unspecified atom stereocenters. The van der Waals surface area contributed by atoms with E-state index in [1.54, 1.807) is 54.5 Å². The molecule has 0 bridgehead atoms. The summed E-state index contributed by atoms with van der Waals surface area (Å²) in [6.45, 7) is 0.788. The van der Waals surface area contributed by atoms with Gasteiger partial charge in [-0.3, -0.25) is 4.68 Å². The molecule has 6 nitrogen and oxygen atoms in total. The monoisotopic (exact) mass is 280 g/mol. The summed E-state index contributed by atoms with van der Waals surface area (Å²) in [4.78, 5) is 0.248. The Balaban J connectivity index is 2.05. The first kappa shape index (κ1) is 13.6. The van der Waals surface area contributed by atoms with Gasteiger partial charge in [0.05, 0.1) is 12.2 Å². The SMILES string of the molecule is CNc1ccccc1S(=O)(=O)NCCn1cccn1. The van der Waals surface area contributed by atoms with Gasteiger partial charge in [0.25, 0.3) is 0 Å². The maximum atomic E-state index is 12.2. The second-order valence-corrected chi connectivity index (χ2v) is 5.65. The molecule has 0 aliphatic rings. The number of anilines is 1. The molecule has 2 aromatic rings. The minimum atomic E-state index is -3.51. The summed E-state index contributed by atoms with van der Waals surface area (Å²) in [6, 6.07) is 8.58. The number of sulfonamides is 1. The molecule has 1 heterocycles. The summed E-state index contributed by atoms with van der Waals surface area (Å²) < 4.78 is 28.6. The molecule has 102 valence electrons. The van der Waals surface area contributed by atoms with Crippen LogP contribution in [0.1, 0.15) is 0 Å². The van der Waals surface area contributed by atoms with Crippen LogP contribution < -0.4 is 10.0 Å². The number of para-hydroxylation sites is 1. The smallest absolute Gasteiger partial charge is 0.242 e. The zero-order valence-electron chi connectivity index (χ0n) is 10.6. The fourth-order valence-electron chi connectivity index (χ4n) is 1.71. The van der Waals surface area contributed by atoms with E-state index in [1.807, 2.05) is 0 Å². The molecule has 0 amide bonds. The highest BCUT2D eigenvalue weighted by Crippen LogP contribution is 2.19. The molecule has 0 saturated carbocycles. The Morgan fingerprint density at radius 1 is 1.26 bits per heavy atom. The van der Waals surface area contributed by atoms with Gasteiger partial charge in [-0.05, 0) is 18.2 Å². The molecule has 0 fully saturated rings. The van der Waals surface area contributed by atoms with Crippen molar-refractivity contribution >= 4 is 15.7 Å². The van der Waals surface area contributed by atoms with Crippen LogP contribution in [0.2, 0.25) is 0 Å². The standard InChI is InChI=1S/C12H16N4O2S/c1-13-11-5-2-3-6-12(11)19(17,18)15-8-10-16-9-4-7-14-16/h2-7,9,13,15H,8,10H2,1H3. The quantitative estimate of drug-likeness (QED) is 0.824. The van der Waals surface area contributed by atoms with E-state index in [0.717, 1.165) is 0 Å². The van der Waals surface area contributed by atoms with Gasteiger partial charge in [0.1, 0.15) is 4.90 Å². The summed E-state index contributed by atoms with van der Waals surface area (Å²) in [6.07, 6.45) is 3.45. The van der Waals surface area contributed by atoms with Crippen LogP contribution in [0.15, 0.2) is 47.6 Å². The van der Waals surface area contributed by atoms with E-state index in [2.05, 4.69) is 15.1 Å². The molecule has 0 aliphatic carbocycles. The number of hydrogen-bond acceptors (Lipinski definition) is 4. The Kier molecular flexibility index (Phi) is 4.18. The van der Waals surface area contributed by atoms with E-state index >= 15 is 0 Å². The first-order valence-corrected chi connectivity index (χ1v) is 7.35. The third-order valence-corrected chi connectivity index (χ3v) is 4.16. The van der Waals surface area contributed by atoms with Crippen LogP contribution in [-0.2, 0) is 16.6 Å². The molecule has 2 N–H and O–H groups in total. The third kappa shape index (κ3) is 3.33. The van der Waals surface area contributed by atoms with Gasteiger partial charge in [0.15, 0.2) is 0 Å². The highest BCUT2D eigenvalue weighted by atomic mass is 32.2. The summed E-state index contributed by atoms with van der Waals surface area (Å²) in [7, 11) is -1.82. The number of nitrogens with one attached hydrogen (secondary N) is 2. The molecule has 0 aliphatic heterocycles. The van der Waals surface area contributed by atoms with Crippen LogP contribution in [0, 0.1) is 0 Å². The second kappa shape index (κ2) is 5.85. The summed E-state index contributed by atoms with van der Waals surface area (Å²) >= 11 is 0. The molecule has 0 spiro atoms. The molecule has 0 atom stereocenters. The Hall–Kier alpha value is -1.86. The first-order valence-electron chi connectivity index (χ1n) is 5.87. The van der Waals surface area contributed by atoms with Crippen molar-refractivity contribution in [2.75, 3.05) is 18.9 Å². The van der Waals surface area contributed by atoms with Crippen LogP contribution in [0.5, 0.6) is 0 Å². The molecular formula is C12H16N4O2S. The zero-order valence-corrected chi connectivity index (χ0v) is 11.4. The lowest BCUT2D eigenvalue weighted by molar-refractivity contribution is 0.561. The molecular weight excluding hydrogens is 264 g/mol. The number of hydrogen-bond donors (Lipinski definition) is 2. The average Bonchev–Trinajstić information content (AvgIpc) is 2.91. The van der Waals surface area contributed by atoms with Crippen molar-refractivity contribution in [2.45, 2.75) is 11.4 Å². The lowest BCUT2D eigenvalue weighted by atomic mass is 10.3. The fraction of sp³-hybridized carbons (Fsp3) is 0.250. The van der Waals surface area contributed by atoms with Gasteiger partial charge in [0, 0.05) is 26.0 Å². The van der Waals surface area contributed by atoms with Crippen molar-refractivity contribution in [1.82, 2.24) is 14.5 Å². The van der Waals surface area contributed by atoms with Gasteiger partial charge >= 0.3 is 0 Å². The molecule has 1 aromatic carbocycles. The molecule has 19 heavy (non-hydrogen) atoms. The summed E-state index contributed by atoms with van der Waals surface area (Å²) in [5.41, 5.74) is 0.578. The highest BCUT2D eigenvalue weighted by Gasteiger charge is 2.16. The maximum Gasteiger partial charge on any atom is 0.242 e. The Labute approximate surface area is 112 Å². The fourth-order valence-corrected chi connectivity index (χ4v) is 2.95. The number of nitrogens with zero attached hydrogens (tertiary/aromatic N) is 2. The largest absolute Gasteiger partial charge is 0.387 e. The van der Waals surface area contributed by atoms with E-state index in [4.69, 9.17) is 0 Å². The van der Waals surface area contributed by atoms with E-state index in [-0.39, 0.29) is 4.90 Å². The van der Waals surface area contributed by atoms with Crippen molar-refractivity contribution in [3.8, 4) is 0 Å². The van der Waals surface area contributed by atoms with Gasteiger partial charge in [-0.2, -0.15) is 5.10 Å². The maximum absolute atomic E-state index is 12.2.